The van der Waals surface area contributed by atoms with Crippen LogP contribution in [0.3, 0.4) is 0 Å². The molecule has 0 aliphatic carbocycles. The van der Waals surface area contributed by atoms with Gasteiger partial charge in [0.15, 0.2) is 11.6 Å². The summed E-state index contributed by atoms with van der Waals surface area (Å²) in [6, 6.07) is 11.7. The lowest BCUT2D eigenvalue weighted by Gasteiger charge is -2.36. The minimum Gasteiger partial charge on any atom is -0.494 e. The largest absolute Gasteiger partial charge is 0.494 e. The number of allylic oxidation sites excluding steroid dienone is 1. The highest BCUT2D eigenvalue weighted by Gasteiger charge is 2.37. The van der Waals surface area contributed by atoms with Crippen molar-refractivity contribution >= 4 is 11.6 Å². The van der Waals surface area contributed by atoms with Crippen LogP contribution in [0, 0.1) is 12.7 Å². The fourth-order valence-electron chi connectivity index (χ4n) is 4.53. The first-order valence-electron chi connectivity index (χ1n) is 11.6. The Morgan fingerprint density at radius 2 is 2.00 bits per heavy atom. The second-order valence-electron chi connectivity index (χ2n) is 8.81. The number of rotatable bonds is 6. The first kappa shape index (κ1) is 23.0. The van der Waals surface area contributed by atoms with Gasteiger partial charge < -0.3 is 19.3 Å². The fraction of sp³-hybridized carbons (Fsp3) is 0.346. The highest BCUT2D eigenvalue weighted by atomic mass is 19.1. The normalized spacial score (nSPS) is 20.3. The molecule has 2 aliphatic rings. The molecule has 1 saturated heterocycles. The number of nitrogens with one attached hydrogen (secondary N) is 1. The molecule has 0 saturated carbocycles. The summed E-state index contributed by atoms with van der Waals surface area (Å²) in [5.74, 6) is 0.121. The van der Waals surface area contributed by atoms with Gasteiger partial charge in [-0.2, -0.15) is 4.98 Å². The van der Waals surface area contributed by atoms with E-state index in [0.29, 0.717) is 30.0 Å². The summed E-state index contributed by atoms with van der Waals surface area (Å²) < 4.78 is 30.7. The Balaban J connectivity index is 1.56. The number of aromatic nitrogens is 2. The molecule has 35 heavy (non-hydrogen) atoms. The van der Waals surface area contributed by atoms with Crippen LogP contribution in [-0.2, 0) is 4.74 Å². The van der Waals surface area contributed by atoms with Gasteiger partial charge in [-0.1, -0.05) is 35.0 Å². The Bertz CT molecular complexity index is 1260. The van der Waals surface area contributed by atoms with Gasteiger partial charge >= 0.3 is 6.03 Å². The second-order valence-corrected chi connectivity index (χ2v) is 8.81. The minimum atomic E-state index is -0.517. The third kappa shape index (κ3) is 4.51. The molecule has 1 fully saturated rings. The molecule has 3 heterocycles. The van der Waals surface area contributed by atoms with Crippen molar-refractivity contribution in [1.29, 1.82) is 0 Å². The molecule has 3 aromatic rings. The quantitative estimate of drug-likeness (QED) is 0.544. The Labute approximate surface area is 202 Å². The summed E-state index contributed by atoms with van der Waals surface area (Å²) >= 11 is 0. The Hall–Kier alpha value is -3.72. The molecule has 2 amide bonds. The highest BCUT2D eigenvalue weighted by molar-refractivity contribution is 5.87. The fourth-order valence-corrected chi connectivity index (χ4v) is 4.53. The van der Waals surface area contributed by atoms with Gasteiger partial charge in [-0.05, 0) is 50.5 Å². The van der Waals surface area contributed by atoms with Crippen molar-refractivity contribution in [2.24, 2.45) is 0 Å². The molecule has 0 radical (unpaired) electrons. The van der Waals surface area contributed by atoms with Crippen LogP contribution in [0.2, 0.25) is 0 Å². The molecule has 5 rings (SSSR count). The molecule has 182 valence electrons. The number of ether oxygens (including phenoxy) is 2. The van der Waals surface area contributed by atoms with E-state index in [1.54, 1.807) is 11.0 Å². The number of nitrogens with zero attached hydrogens (tertiary/aromatic N) is 3. The lowest BCUT2D eigenvalue weighted by atomic mass is 9.94. The number of hydrogen-bond donors (Lipinski definition) is 1. The van der Waals surface area contributed by atoms with E-state index in [1.165, 1.54) is 19.2 Å². The predicted molar refractivity (Wildman–Crippen MR) is 127 cm³/mol. The number of hydrogen-bond acceptors (Lipinski definition) is 6. The maximum atomic E-state index is 14.3. The van der Waals surface area contributed by atoms with E-state index in [0.717, 1.165) is 24.0 Å². The van der Waals surface area contributed by atoms with Crippen LogP contribution in [-0.4, -0.2) is 47.4 Å². The molecule has 2 aliphatic heterocycles. The van der Waals surface area contributed by atoms with Crippen molar-refractivity contribution in [2.45, 2.75) is 38.8 Å². The van der Waals surface area contributed by atoms with E-state index >= 15 is 0 Å². The molecule has 2 aromatic carbocycles. The first-order chi connectivity index (χ1) is 16.9. The minimum absolute atomic E-state index is 0.0200. The van der Waals surface area contributed by atoms with Gasteiger partial charge in [0.2, 0.25) is 5.82 Å². The van der Waals surface area contributed by atoms with Crippen molar-refractivity contribution in [3.63, 3.8) is 0 Å². The molecule has 2 unspecified atom stereocenters. The molecular weight excluding hydrogens is 451 g/mol. The lowest BCUT2D eigenvalue weighted by Crippen LogP contribution is -2.48. The number of halogens is 1. The summed E-state index contributed by atoms with van der Waals surface area (Å²) in [6.45, 7) is 5.02. The molecule has 2 atom stereocenters. The summed E-state index contributed by atoms with van der Waals surface area (Å²) in [4.78, 5) is 19.4. The van der Waals surface area contributed by atoms with Crippen LogP contribution < -0.4 is 10.1 Å². The molecule has 1 aromatic heterocycles. The number of methoxy groups -OCH3 is 1. The molecule has 9 heteroatoms. The number of amides is 2. The van der Waals surface area contributed by atoms with Crippen LogP contribution >= 0.6 is 0 Å². The van der Waals surface area contributed by atoms with Crippen LogP contribution in [0.5, 0.6) is 5.75 Å². The van der Waals surface area contributed by atoms with E-state index in [1.807, 2.05) is 38.1 Å². The van der Waals surface area contributed by atoms with Crippen LogP contribution in [0.15, 0.2) is 52.7 Å². The van der Waals surface area contributed by atoms with E-state index < -0.39 is 11.9 Å². The smallest absolute Gasteiger partial charge is 0.322 e. The number of carbonyl (C=O) groups excluding carboxylic acids is 1. The molecule has 0 bridgehead atoms. The summed E-state index contributed by atoms with van der Waals surface area (Å²) in [5, 5.41) is 7.20. The molecule has 1 N–H and O–H groups in total. The number of carbonyl (C=O) groups is 1. The van der Waals surface area contributed by atoms with Crippen LogP contribution in [0.1, 0.15) is 42.8 Å². The molecule has 0 spiro atoms. The van der Waals surface area contributed by atoms with Gasteiger partial charge in [-0.15, -0.1) is 0 Å². The van der Waals surface area contributed by atoms with Gasteiger partial charge in [0.25, 0.3) is 5.89 Å². The first-order valence-corrected chi connectivity index (χ1v) is 11.6. The van der Waals surface area contributed by atoms with Crippen molar-refractivity contribution in [1.82, 2.24) is 20.4 Å². The maximum Gasteiger partial charge on any atom is 0.322 e. The highest BCUT2D eigenvalue weighted by Crippen LogP contribution is 2.38. The zero-order valence-electron chi connectivity index (χ0n) is 19.9. The third-order valence-electron chi connectivity index (χ3n) is 6.48. The monoisotopic (exact) mass is 478 g/mol. The van der Waals surface area contributed by atoms with E-state index in [-0.39, 0.29) is 29.6 Å². The molecule has 8 nitrogen and oxygen atoms in total. The van der Waals surface area contributed by atoms with Crippen molar-refractivity contribution < 1.29 is 23.2 Å². The average Bonchev–Trinajstić information content (AvgIpc) is 3.54. The van der Waals surface area contributed by atoms with Gasteiger partial charge in [0.05, 0.1) is 31.4 Å². The Morgan fingerprint density at radius 3 is 2.69 bits per heavy atom. The number of aryl methyl sites for hydroxylation is 1. The van der Waals surface area contributed by atoms with Gasteiger partial charge in [0.1, 0.15) is 0 Å². The van der Waals surface area contributed by atoms with E-state index in [4.69, 9.17) is 14.0 Å². The van der Waals surface area contributed by atoms with Crippen LogP contribution in [0.4, 0.5) is 9.18 Å². The van der Waals surface area contributed by atoms with Gasteiger partial charge in [-0.25, -0.2) is 9.18 Å². The summed E-state index contributed by atoms with van der Waals surface area (Å²) in [7, 11) is 1.41. The van der Waals surface area contributed by atoms with Crippen molar-refractivity contribution in [3.05, 3.63) is 71.0 Å². The van der Waals surface area contributed by atoms with Crippen molar-refractivity contribution in [2.75, 3.05) is 20.3 Å². The average molecular weight is 479 g/mol. The Kier molecular flexibility index (Phi) is 6.25. The standard InChI is InChI=1S/C26H27FN4O4/c1-15-6-8-17(9-7-15)23-22(16(2)31(26(32)28-23)14-19-5-4-12-34-19)25-29-24(30-35-25)18-10-11-21(33-3)20(27)13-18/h6-11,13,19,23H,4-5,12,14H2,1-3H3,(H,28,32). The molecular formula is C26H27FN4O4. The topological polar surface area (TPSA) is 89.7 Å². The van der Waals surface area contributed by atoms with Gasteiger partial charge in [-0.3, -0.25) is 4.90 Å². The summed E-state index contributed by atoms with van der Waals surface area (Å²) in [6.07, 6.45) is 1.86. The Morgan fingerprint density at radius 1 is 1.20 bits per heavy atom. The van der Waals surface area contributed by atoms with Gasteiger partial charge in [0, 0.05) is 17.9 Å². The summed E-state index contributed by atoms with van der Waals surface area (Å²) in [5.41, 5.74) is 3.87. The second kappa shape index (κ2) is 9.50. The van der Waals surface area contributed by atoms with Crippen molar-refractivity contribution in [3.8, 4) is 17.1 Å². The number of urea groups is 1. The third-order valence-corrected chi connectivity index (χ3v) is 6.48. The lowest BCUT2D eigenvalue weighted by molar-refractivity contribution is 0.0877. The van der Waals surface area contributed by atoms with Crippen LogP contribution in [0.25, 0.3) is 17.0 Å². The predicted octanol–water partition coefficient (Wildman–Crippen LogP) is 4.87. The van der Waals surface area contributed by atoms with E-state index in [2.05, 4.69) is 15.5 Å². The SMILES string of the molecule is COc1ccc(-c2noc(C3=C(C)N(CC4CCCO4)C(=O)NC3c3ccc(C)cc3)n2)cc1F. The number of benzene rings is 2. The van der Waals surface area contributed by atoms with E-state index in [9.17, 15) is 9.18 Å². The zero-order valence-corrected chi connectivity index (χ0v) is 19.9. The maximum absolute atomic E-state index is 14.3. The zero-order chi connectivity index (χ0) is 24.5.